The maximum atomic E-state index is 6.70. The zero-order valence-electron chi connectivity index (χ0n) is 29.9. The lowest BCUT2D eigenvalue weighted by molar-refractivity contribution is 0.669. The lowest BCUT2D eigenvalue weighted by Gasteiger charge is -2.26. The van der Waals surface area contributed by atoms with Gasteiger partial charge in [-0.2, -0.15) is 0 Å². The van der Waals surface area contributed by atoms with Gasteiger partial charge in [0.1, 0.15) is 27.3 Å². The van der Waals surface area contributed by atoms with E-state index < -0.39 is 0 Å². The average molecular weight is 735 g/mol. The van der Waals surface area contributed by atoms with Crippen LogP contribution in [0.2, 0.25) is 0 Å². The van der Waals surface area contributed by atoms with Crippen LogP contribution in [-0.4, -0.2) is 4.98 Å². The molecule has 12 rings (SSSR count). The molecule has 0 radical (unpaired) electrons. The van der Waals surface area contributed by atoms with Crippen molar-refractivity contribution in [2.24, 2.45) is 0 Å². The van der Waals surface area contributed by atoms with Crippen molar-refractivity contribution in [3.8, 4) is 21.7 Å². The van der Waals surface area contributed by atoms with Crippen molar-refractivity contribution < 1.29 is 8.83 Å². The Morgan fingerprint density at radius 1 is 0.411 bits per heavy atom. The molecule has 0 N–H and O–H groups in total. The zero-order valence-corrected chi connectivity index (χ0v) is 30.8. The number of aromatic nitrogens is 1. The molecule has 0 fully saturated rings. The molecular weight excluding hydrogens is 705 g/mol. The van der Waals surface area contributed by atoms with E-state index in [0.717, 1.165) is 88.2 Å². The molecule has 0 saturated heterocycles. The van der Waals surface area contributed by atoms with E-state index in [-0.39, 0.29) is 0 Å². The SMILES string of the molecule is c1ccc(-c2cccc(N(c3ccc4c(c3)oc3cccc(-c5nc6c(ccc7ccccc76)s5)c34)c3ccc4c(c3)oc3ccc5ccccc5c34)c2)cc1. The summed E-state index contributed by atoms with van der Waals surface area (Å²) in [5.41, 5.74) is 10.8. The van der Waals surface area contributed by atoms with Crippen LogP contribution in [0.15, 0.2) is 191 Å². The lowest BCUT2D eigenvalue weighted by Crippen LogP contribution is -2.09. The number of nitrogens with zero attached hydrogens (tertiary/aromatic N) is 2. The highest BCUT2D eigenvalue weighted by Gasteiger charge is 2.21. The fourth-order valence-corrected chi connectivity index (χ4v) is 9.50. The normalized spacial score (nSPS) is 11.9. The van der Waals surface area contributed by atoms with E-state index in [1.165, 1.54) is 26.2 Å². The first-order valence-electron chi connectivity index (χ1n) is 18.8. The quantitative estimate of drug-likeness (QED) is 0.177. The summed E-state index contributed by atoms with van der Waals surface area (Å²) < 4.78 is 14.4. The molecule has 5 heteroatoms. The molecule has 3 heterocycles. The molecule has 0 amide bonds. The Labute approximate surface area is 325 Å². The van der Waals surface area contributed by atoms with E-state index in [9.17, 15) is 0 Å². The molecule has 0 unspecified atom stereocenters. The fourth-order valence-electron chi connectivity index (χ4n) is 8.48. The first-order valence-corrected chi connectivity index (χ1v) is 19.6. The van der Waals surface area contributed by atoms with E-state index >= 15 is 0 Å². The largest absolute Gasteiger partial charge is 0.456 e. The third-order valence-corrected chi connectivity index (χ3v) is 12.1. The second-order valence-corrected chi connectivity index (χ2v) is 15.3. The van der Waals surface area contributed by atoms with Crippen LogP contribution in [0, 0.1) is 0 Å². The fraction of sp³-hybridized carbons (Fsp3) is 0. The first-order chi connectivity index (χ1) is 27.7. The first kappa shape index (κ1) is 31.2. The molecule has 3 aromatic heterocycles. The third-order valence-electron chi connectivity index (χ3n) is 11.1. The molecule has 12 aromatic rings. The maximum absolute atomic E-state index is 6.70. The number of benzene rings is 9. The Kier molecular flexibility index (Phi) is 6.76. The Morgan fingerprint density at radius 2 is 1.04 bits per heavy atom. The van der Waals surface area contributed by atoms with Crippen LogP contribution in [0.1, 0.15) is 0 Å². The van der Waals surface area contributed by atoms with Gasteiger partial charge in [0.15, 0.2) is 0 Å². The minimum atomic E-state index is 0.817. The predicted octanol–water partition coefficient (Wildman–Crippen LogP) is 15.2. The van der Waals surface area contributed by atoms with Gasteiger partial charge in [-0.05, 0) is 81.9 Å². The molecule has 4 nitrogen and oxygen atoms in total. The van der Waals surface area contributed by atoms with Crippen LogP contribution in [0.4, 0.5) is 17.1 Å². The van der Waals surface area contributed by atoms with Crippen molar-refractivity contribution in [2.75, 3.05) is 4.90 Å². The van der Waals surface area contributed by atoms with Crippen LogP contribution in [0.5, 0.6) is 0 Å². The molecule has 0 aliphatic rings. The summed E-state index contributed by atoms with van der Waals surface area (Å²) in [5, 5.41) is 10.1. The molecule has 0 saturated carbocycles. The van der Waals surface area contributed by atoms with Crippen molar-refractivity contribution in [1.82, 2.24) is 4.98 Å². The summed E-state index contributed by atoms with van der Waals surface area (Å²) >= 11 is 1.73. The van der Waals surface area contributed by atoms with E-state index in [1.54, 1.807) is 11.3 Å². The van der Waals surface area contributed by atoms with Crippen molar-refractivity contribution in [3.05, 3.63) is 182 Å². The third kappa shape index (κ3) is 4.81. The monoisotopic (exact) mass is 734 g/mol. The highest BCUT2D eigenvalue weighted by Crippen LogP contribution is 2.45. The van der Waals surface area contributed by atoms with Crippen molar-refractivity contribution in [1.29, 1.82) is 0 Å². The van der Waals surface area contributed by atoms with E-state index in [4.69, 9.17) is 13.8 Å². The minimum absolute atomic E-state index is 0.817. The van der Waals surface area contributed by atoms with E-state index in [1.807, 2.05) is 0 Å². The summed E-state index contributed by atoms with van der Waals surface area (Å²) in [6.07, 6.45) is 0. The van der Waals surface area contributed by atoms with Gasteiger partial charge in [0, 0.05) is 61.7 Å². The molecule has 0 bridgehead atoms. The van der Waals surface area contributed by atoms with Crippen molar-refractivity contribution in [2.45, 2.75) is 0 Å². The van der Waals surface area contributed by atoms with Gasteiger partial charge in [0.2, 0.25) is 0 Å². The molecule has 0 aliphatic heterocycles. The Bertz CT molecular complexity index is 3500. The predicted molar refractivity (Wildman–Crippen MR) is 235 cm³/mol. The molecule has 9 aromatic carbocycles. The Hall–Kier alpha value is -7.21. The van der Waals surface area contributed by atoms with Crippen molar-refractivity contribution in [3.63, 3.8) is 0 Å². The second-order valence-electron chi connectivity index (χ2n) is 14.3. The maximum Gasteiger partial charge on any atom is 0.137 e. The lowest BCUT2D eigenvalue weighted by atomic mass is 10.0. The van der Waals surface area contributed by atoms with E-state index in [2.05, 4.69) is 187 Å². The van der Waals surface area contributed by atoms with E-state index in [0.29, 0.717) is 0 Å². The Balaban J connectivity index is 1.04. The summed E-state index contributed by atoms with van der Waals surface area (Å²) in [5.74, 6) is 0. The molecule has 0 atom stereocenters. The minimum Gasteiger partial charge on any atom is -0.456 e. The van der Waals surface area contributed by atoms with Crippen LogP contribution in [0.3, 0.4) is 0 Å². The van der Waals surface area contributed by atoms with Gasteiger partial charge >= 0.3 is 0 Å². The van der Waals surface area contributed by atoms with Gasteiger partial charge < -0.3 is 13.7 Å². The van der Waals surface area contributed by atoms with Crippen LogP contribution < -0.4 is 4.90 Å². The number of hydrogen-bond donors (Lipinski definition) is 0. The van der Waals surface area contributed by atoms with Gasteiger partial charge in [-0.15, -0.1) is 11.3 Å². The highest BCUT2D eigenvalue weighted by atomic mass is 32.1. The summed E-state index contributed by atoms with van der Waals surface area (Å²) in [4.78, 5) is 7.52. The topological polar surface area (TPSA) is 42.4 Å². The van der Waals surface area contributed by atoms with Crippen LogP contribution >= 0.6 is 11.3 Å². The zero-order chi connectivity index (χ0) is 36.7. The number of furan rings is 2. The summed E-state index contributed by atoms with van der Waals surface area (Å²) in [7, 11) is 0. The number of anilines is 3. The molecule has 0 aliphatic carbocycles. The number of rotatable bonds is 5. The average Bonchev–Trinajstić information content (AvgIpc) is 3.97. The Morgan fingerprint density at radius 3 is 1.84 bits per heavy atom. The summed E-state index contributed by atoms with van der Waals surface area (Å²) in [6, 6.07) is 64.2. The van der Waals surface area contributed by atoms with Crippen molar-refractivity contribution >= 4 is 104 Å². The molecular formula is C51H30N2O2S. The second kappa shape index (κ2) is 12.2. The van der Waals surface area contributed by atoms with Gasteiger partial charge in [-0.25, -0.2) is 4.98 Å². The number of thiazole rings is 1. The number of hydrogen-bond acceptors (Lipinski definition) is 5. The number of fused-ring (bicyclic) bond motifs is 11. The highest BCUT2D eigenvalue weighted by molar-refractivity contribution is 7.21. The van der Waals surface area contributed by atoms with Crippen LogP contribution in [0.25, 0.3) is 97.3 Å². The van der Waals surface area contributed by atoms with Crippen LogP contribution in [-0.2, 0) is 0 Å². The standard InChI is InChI=1S/C51H30N2O2S/c1-2-10-31(11-3-1)34-14-8-15-35(28-34)53(36-22-24-40-45(29-36)55-44-26-20-32-12-4-6-16-38(32)48(40)44)37-23-25-41-46(30-37)54-43-19-9-18-42(49(41)43)51-52-50-39-17-7-5-13-33(39)21-27-47(50)56-51/h1-30H. The van der Waals surface area contributed by atoms with Gasteiger partial charge in [-0.1, -0.05) is 115 Å². The summed E-state index contributed by atoms with van der Waals surface area (Å²) in [6.45, 7) is 0. The molecule has 56 heavy (non-hydrogen) atoms. The smallest absolute Gasteiger partial charge is 0.137 e. The van der Waals surface area contributed by atoms with Gasteiger partial charge in [0.25, 0.3) is 0 Å². The van der Waals surface area contributed by atoms with Gasteiger partial charge in [0.05, 0.1) is 10.2 Å². The molecule has 0 spiro atoms. The molecule has 262 valence electrons. The van der Waals surface area contributed by atoms with Gasteiger partial charge in [-0.3, -0.25) is 0 Å².